The van der Waals surface area contributed by atoms with Gasteiger partial charge < -0.3 is 18.5 Å². The summed E-state index contributed by atoms with van der Waals surface area (Å²) in [4.78, 5) is 36.0. The molecule has 3 aromatic carbocycles. The highest BCUT2D eigenvalue weighted by atomic mass is 32.7. The molecule has 0 heterocycles. The molecule has 8 heteroatoms. The largest absolute Gasteiger partial charge is 0.461 e. The molecule has 3 aromatic rings. The molecule has 0 aliphatic rings. The van der Waals surface area contributed by atoms with Crippen LogP contribution in [0.25, 0.3) is 21.5 Å². The lowest BCUT2D eigenvalue weighted by Crippen LogP contribution is -2.29. The molecule has 0 aromatic heterocycles. The van der Waals surface area contributed by atoms with Crippen molar-refractivity contribution in [2.24, 2.45) is 0 Å². The fourth-order valence-corrected chi connectivity index (χ4v) is 4.18. The summed E-state index contributed by atoms with van der Waals surface area (Å²) in [5.74, 6) is -1.12. The van der Waals surface area contributed by atoms with Crippen molar-refractivity contribution < 1.29 is 28.0 Å². The standard InChI is InChI=1S/C25H27O6PS/c1-16(26)11-12-24(27)31-18(15-30-33-32)14-29-25(28)13-23-21-9-5-3-7-19(21)17(2)20-8-4-6-10-22(20)23/h3-10,18H,11-15,32H2,1-2H3/i32T. The number of hydrogen-bond acceptors (Lipinski definition) is 7. The van der Waals surface area contributed by atoms with Gasteiger partial charge in [-0.1, -0.05) is 48.5 Å². The smallest absolute Gasteiger partial charge is 0.310 e. The predicted octanol–water partition coefficient (Wildman–Crippen LogP) is 5.12. The van der Waals surface area contributed by atoms with Gasteiger partial charge in [-0.3, -0.25) is 9.59 Å². The summed E-state index contributed by atoms with van der Waals surface area (Å²) in [5, 5.41) is 4.17. The zero-order valence-electron chi connectivity index (χ0n) is 19.6. The molecular formula is C25H27O6PS. The van der Waals surface area contributed by atoms with E-state index in [9.17, 15) is 14.4 Å². The first-order chi connectivity index (χ1) is 16.4. The molecule has 0 radical (unpaired) electrons. The molecule has 0 saturated carbocycles. The fourth-order valence-electron chi connectivity index (χ4n) is 3.76. The van der Waals surface area contributed by atoms with E-state index in [0.717, 1.165) is 44.3 Å². The summed E-state index contributed by atoms with van der Waals surface area (Å²) in [7, 11) is -0.240. The van der Waals surface area contributed by atoms with Crippen molar-refractivity contribution in [3.8, 4) is 0 Å². The van der Waals surface area contributed by atoms with Crippen molar-refractivity contribution in [1.82, 2.24) is 0 Å². The summed E-state index contributed by atoms with van der Waals surface area (Å²) in [6.07, 6.45) is -0.716. The second-order valence-electron chi connectivity index (χ2n) is 7.74. The van der Waals surface area contributed by atoms with E-state index in [1.165, 1.54) is 6.92 Å². The second kappa shape index (κ2) is 12.1. The second-order valence-corrected chi connectivity index (χ2v) is 8.64. The number of aryl methyl sites for hydroxylation is 1. The van der Waals surface area contributed by atoms with E-state index in [0.29, 0.717) is 0 Å². The quantitative estimate of drug-likeness (QED) is 0.115. The maximum absolute atomic E-state index is 12.8. The van der Waals surface area contributed by atoms with Gasteiger partial charge in [0.2, 0.25) is 0 Å². The Morgan fingerprint density at radius 1 is 0.939 bits per heavy atom. The van der Waals surface area contributed by atoms with Gasteiger partial charge in [-0.25, -0.2) is 0 Å². The van der Waals surface area contributed by atoms with E-state index in [-0.39, 0.29) is 46.6 Å². The minimum absolute atomic E-state index is 0.0218. The average molecular weight is 489 g/mol. The highest BCUT2D eigenvalue weighted by molar-refractivity contribution is 8.40. The Kier molecular flexibility index (Phi) is 8.70. The Labute approximate surface area is 200 Å². The van der Waals surface area contributed by atoms with Gasteiger partial charge in [-0.15, -0.1) is 0 Å². The topological polar surface area (TPSA) is 78.9 Å². The minimum Gasteiger partial charge on any atom is -0.461 e. The molecular weight excluding hydrogens is 459 g/mol. The van der Waals surface area contributed by atoms with Crippen LogP contribution in [0.15, 0.2) is 48.5 Å². The third-order valence-corrected chi connectivity index (χ3v) is 5.96. The van der Waals surface area contributed by atoms with Crippen molar-refractivity contribution in [1.29, 1.82) is 1.28 Å². The molecule has 0 fully saturated rings. The molecule has 0 bridgehead atoms. The van der Waals surface area contributed by atoms with Crippen LogP contribution in [0.1, 0.15) is 30.9 Å². The molecule has 174 valence electrons. The number of ketones is 1. The van der Waals surface area contributed by atoms with Gasteiger partial charge in [-0.2, -0.15) is 0 Å². The first kappa shape index (κ1) is 23.7. The molecule has 6 nitrogen and oxygen atoms in total. The van der Waals surface area contributed by atoms with Crippen molar-refractivity contribution in [3.05, 3.63) is 59.7 Å². The van der Waals surface area contributed by atoms with Gasteiger partial charge >= 0.3 is 11.9 Å². The van der Waals surface area contributed by atoms with Gasteiger partial charge in [0.25, 0.3) is 0 Å². The summed E-state index contributed by atoms with van der Waals surface area (Å²) >= 11 is 0.931. The number of hydrogen-bond donors (Lipinski definition) is 0. The van der Waals surface area contributed by atoms with E-state index in [1.807, 2.05) is 48.5 Å². The van der Waals surface area contributed by atoms with Crippen LogP contribution in [0.2, 0.25) is 0 Å². The van der Waals surface area contributed by atoms with E-state index in [2.05, 4.69) is 6.92 Å². The van der Waals surface area contributed by atoms with Crippen LogP contribution in [0, 0.1) is 6.92 Å². The first-order valence-electron chi connectivity index (χ1n) is 11.1. The molecule has 0 aliphatic heterocycles. The van der Waals surface area contributed by atoms with Crippen LogP contribution in [-0.4, -0.2) is 38.3 Å². The Hall–Kier alpha value is -2.47. The number of benzene rings is 3. The molecule has 0 spiro atoms. The van der Waals surface area contributed by atoms with Crippen LogP contribution < -0.4 is 0 Å². The van der Waals surface area contributed by atoms with Gasteiger partial charge in [-0.05, 0) is 54.9 Å². The number of esters is 2. The predicted molar refractivity (Wildman–Crippen MR) is 134 cm³/mol. The third kappa shape index (κ3) is 6.76. The fraction of sp³-hybridized carbons (Fsp3) is 0.320. The van der Waals surface area contributed by atoms with Crippen molar-refractivity contribution in [3.63, 3.8) is 0 Å². The maximum Gasteiger partial charge on any atom is 0.310 e. The monoisotopic (exact) mass is 488 g/mol. The number of carbonyl (C=O) groups is 3. The van der Waals surface area contributed by atoms with Crippen molar-refractivity contribution in [2.45, 2.75) is 39.2 Å². The Bertz CT molecular complexity index is 1130. The van der Waals surface area contributed by atoms with E-state index in [1.54, 1.807) is 0 Å². The molecule has 3 rings (SSSR count). The lowest BCUT2D eigenvalue weighted by Gasteiger charge is -2.18. The Balaban J connectivity index is 1.73. The number of rotatable bonds is 12. The van der Waals surface area contributed by atoms with Crippen molar-refractivity contribution in [2.75, 3.05) is 13.2 Å². The Morgan fingerprint density at radius 3 is 2.12 bits per heavy atom. The summed E-state index contributed by atoms with van der Waals surface area (Å²) < 4.78 is 23.3. The van der Waals surface area contributed by atoms with Crippen molar-refractivity contribution >= 4 is 59.3 Å². The van der Waals surface area contributed by atoms with E-state index in [4.69, 9.17) is 14.9 Å². The number of fused-ring (bicyclic) bond motifs is 2. The first-order valence-corrected chi connectivity index (χ1v) is 12.6. The Morgan fingerprint density at radius 2 is 1.55 bits per heavy atom. The zero-order chi connectivity index (χ0) is 24.5. The highest BCUT2D eigenvalue weighted by Gasteiger charge is 2.20. The van der Waals surface area contributed by atoms with E-state index >= 15 is 0 Å². The summed E-state index contributed by atoms with van der Waals surface area (Å²) in [6, 6.07) is 16.0. The van der Waals surface area contributed by atoms with E-state index < -0.39 is 18.0 Å². The summed E-state index contributed by atoms with van der Waals surface area (Å²) in [6.45, 7) is 3.29. The molecule has 0 N–H and O–H groups in total. The minimum atomic E-state index is -0.821. The van der Waals surface area contributed by atoms with Crippen LogP contribution in [0.3, 0.4) is 0 Å². The van der Waals surface area contributed by atoms with Crippen LogP contribution in [0.5, 0.6) is 0 Å². The van der Waals surface area contributed by atoms with Gasteiger partial charge in [0.1, 0.15) is 19.0 Å². The maximum atomic E-state index is 12.8. The normalized spacial score (nSPS) is 12.7. The number of carbonyl (C=O) groups excluding carboxylic acids is 3. The molecule has 33 heavy (non-hydrogen) atoms. The number of ether oxygens (including phenoxy) is 2. The average Bonchev–Trinajstić information content (AvgIpc) is 2.84. The highest BCUT2D eigenvalue weighted by Crippen LogP contribution is 2.32. The summed E-state index contributed by atoms with van der Waals surface area (Å²) in [5.41, 5.74) is 2.05. The lowest BCUT2D eigenvalue weighted by molar-refractivity contribution is -0.160. The molecule has 0 saturated heterocycles. The molecule has 0 aliphatic carbocycles. The van der Waals surface area contributed by atoms with Gasteiger partial charge in [0.05, 0.1) is 14.1 Å². The zero-order valence-corrected chi connectivity index (χ0v) is 20.4. The number of Topliss-reactive ketones (excluding diaryl/α,β-unsaturated/α-hetero) is 1. The SMILES string of the molecule is [3H]PSOCC(COC(=O)Cc1c2ccccc2c(C)c2ccccc12)OC(=O)CCC(C)=O. The molecule has 0 amide bonds. The third-order valence-electron chi connectivity index (χ3n) is 5.36. The van der Waals surface area contributed by atoms with Crippen LogP contribution >= 0.6 is 20.0 Å². The van der Waals surface area contributed by atoms with Crippen LogP contribution in [-0.2, 0) is 34.5 Å². The van der Waals surface area contributed by atoms with Gasteiger partial charge in [0.15, 0.2) is 6.10 Å². The molecule has 2 unspecified atom stereocenters. The lowest BCUT2D eigenvalue weighted by atomic mass is 9.91. The van der Waals surface area contributed by atoms with Crippen LogP contribution in [0.4, 0.5) is 0 Å². The molecule has 2 atom stereocenters. The van der Waals surface area contributed by atoms with Gasteiger partial charge in [0, 0.05) is 18.1 Å².